The lowest BCUT2D eigenvalue weighted by Crippen LogP contribution is -2.45. The number of hydrogen-bond donors (Lipinski definition) is 1. The van der Waals surface area contributed by atoms with Crippen molar-refractivity contribution in [1.29, 1.82) is 0 Å². The van der Waals surface area contributed by atoms with Gasteiger partial charge in [0.2, 0.25) is 0 Å². The summed E-state index contributed by atoms with van der Waals surface area (Å²) in [6.07, 6.45) is 6.92. The zero-order valence-electron chi connectivity index (χ0n) is 19.1. The quantitative estimate of drug-likeness (QED) is 0.541. The molecule has 1 N–H and O–H groups in total. The fourth-order valence-corrected chi connectivity index (χ4v) is 4.37. The second kappa shape index (κ2) is 10.5. The summed E-state index contributed by atoms with van der Waals surface area (Å²) in [4.78, 5) is 50.8. The molecule has 1 spiro atoms. The number of aromatic nitrogens is 3. The lowest BCUT2D eigenvalue weighted by molar-refractivity contribution is -0.150. The van der Waals surface area contributed by atoms with Crippen molar-refractivity contribution in [1.82, 2.24) is 24.8 Å². The van der Waals surface area contributed by atoms with Crippen LogP contribution in [0.5, 0.6) is 0 Å². The van der Waals surface area contributed by atoms with Crippen molar-refractivity contribution in [2.24, 2.45) is 5.41 Å². The third-order valence-electron chi connectivity index (χ3n) is 6.03. The number of carboxylic acid groups (broad SMARTS) is 1. The Kier molecular flexibility index (Phi) is 7.70. The molecule has 33 heavy (non-hydrogen) atoms. The molecule has 2 saturated heterocycles. The van der Waals surface area contributed by atoms with Gasteiger partial charge in [0.1, 0.15) is 6.10 Å². The highest BCUT2D eigenvalue weighted by atomic mass is 16.6. The highest BCUT2D eigenvalue weighted by Crippen LogP contribution is 2.43. The summed E-state index contributed by atoms with van der Waals surface area (Å²) in [7, 11) is 3.95. The van der Waals surface area contributed by atoms with Crippen LogP contribution in [0, 0.1) is 12.3 Å². The van der Waals surface area contributed by atoms with E-state index in [9.17, 15) is 9.59 Å². The Bertz CT molecular complexity index is 990. The molecule has 0 saturated carbocycles. The lowest BCUT2D eigenvalue weighted by atomic mass is 9.76. The maximum absolute atomic E-state index is 13.1. The summed E-state index contributed by atoms with van der Waals surface area (Å²) in [5.74, 6) is 0.355. The molecule has 2 aromatic heterocycles. The highest BCUT2D eigenvalue weighted by Gasteiger charge is 2.50. The Morgan fingerprint density at radius 3 is 2.61 bits per heavy atom. The molecule has 1 amide bonds. The predicted molar refractivity (Wildman–Crippen MR) is 119 cm³/mol. The van der Waals surface area contributed by atoms with Gasteiger partial charge in [0.25, 0.3) is 12.4 Å². The van der Waals surface area contributed by atoms with E-state index in [0.717, 1.165) is 18.5 Å². The molecule has 0 bridgehead atoms. The molecule has 0 aliphatic carbocycles. The van der Waals surface area contributed by atoms with Crippen LogP contribution in [0.1, 0.15) is 35.3 Å². The molecule has 0 aromatic carbocycles. The Morgan fingerprint density at radius 1 is 1.33 bits per heavy atom. The van der Waals surface area contributed by atoms with Gasteiger partial charge in [-0.2, -0.15) is 0 Å². The molecule has 1 atom stereocenters. The zero-order valence-corrected chi connectivity index (χ0v) is 19.1. The Morgan fingerprint density at radius 2 is 2.03 bits per heavy atom. The van der Waals surface area contributed by atoms with Crippen molar-refractivity contribution >= 4 is 18.3 Å². The van der Waals surface area contributed by atoms with Gasteiger partial charge < -0.3 is 19.6 Å². The van der Waals surface area contributed by atoms with Crippen LogP contribution in [0.15, 0.2) is 30.7 Å². The molecule has 2 fully saturated rings. The first-order valence-electron chi connectivity index (χ1n) is 10.8. The maximum atomic E-state index is 13.1. The summed E-state index contributed by atoms with van der Waals surface area (Å²) in [5.41, 5.74) is 1.50. The number of ether oxygens (including phenoxy) is 1. The van der Waals surface area contributed by atoms with E-state index in [4.69, 9.17) is 14.6 Å². The molecule has 10 nitrogen and oxygen atoms in total. The predicted octanol–water partition coefficient (Wildman–Crippen LogP) is 1.65. The SMILES string of the molecule is Cc1nc(-c2cccnc2)ncc1C(=O)N1CCC2(CC1)CC(CN(C)C)OC2=O.O=CO. The van der Waals surface area contributed by atoms with E-state index < -0.39 is 5.41 Å². The van der Waals surface area contributed by atoms with Gasteiger partial charge >= 0.3 is 5.97 Å². The highest BCUT2D eigenvalue weighted by molar-refractivity contribution is 5.95. The van der Waals surface area contributed by atoms with Gasteiger partial charge in [-0.05, 0) is 46.0 Å². The molecule has 2 aliphatic rings. The largest absolute Gasteiger partial charge is 0.483 e. The Balaban J connectivity index is 0.000000968. The number of nitrogens with zero attached hydrogens (tertiary/aromatic N) is 5. The monoisotopic (exact) mass is 455 g/mol. The molecule has 10 heteroatoms. The summed E-state index contributed by atoms with van der Waals surface area (Å²) in [6, 6.07) is 3.71. The molecule has 2 aromatic rings. The number of carbonyl (C=O) groups is 3. The Hall–Kier alpha value is -3.40. The summed E-state index contributed by atoms with van der Waals surface area (Å²) in [6.45, 7) is 3.37. The van der Waals surface area contributed by atoms with Gasteiger partial charge in [-0.1, -0.05) is 0 Å². The molecular weight excluding hydrogens is 426 g/mol. The van der Waals surface area contributed by atoms with Crippen LogP contribution in [0.4, 0.5) is 0 Å². The molecule has 1 unspecified atom stereocenters. The van der Waals surface area contributed by atoms with Crippen molar-refractivity contribution in [3.8, 4) is 11.4 Å². The number of piperidine rings is 1. The summed E-state index contributed by atoms with van der Waals surface area (Å²) < 4.78 is 5.61. The third kappa shape index (κ3) is 5.51. The van der Waals surface area contributed by atoms with E-state index in [2.05, 4.69) is 15.0 Å². The van der Waals surface area contributed by atoms with Crippen LogP contribution in [0.25, 0.3) is 11.4 Å². The van der Waals surface area contributed by atoms with Gasteiger partial charge in [0.15, 0.2) is 5.82 Å². The number of hydrogen-bond acceptors (Lipinski definition) is 8. The minimum absolute atomic E-state index is 0.0644. The molecular formula is C23H29N5O5. The van der Waals surface area contributed by atoms with E-state index in [0.29, 0.717) is 43.0 Å². The van der Waals surface area contributed by atoms with E-state index in [1.54, 1.807) is 23.5 Å². The molecule has 0 radical (unpaired) electrons. The fraction of sp³-hybridized carbons (Fsp3) is 0.478. The smallest absolute Gasteiger partial charge is 0.312 e. The van der Waals surface area contributed by atoms with Gasteiger partial charge in [-0.3, -0.25) is 19.4 Å². The third-order valence-corrected chi connectivity index (χ3v) is 6.03. The second-order valence-electron chi connectivity index (χ2n) is 8.61. The van der Waals surface area contributed by atoms with Crippen LogP contribution >= 0.6 is 0 Å². The van der Waals surface area contributed by atoms with Crippen LogP contribution in [-0.4, -0.2) is 88.0 Å². The fourth-order valence-electron chi connectivity index (χ4n) is 4.37. The number of aryl methyl sites for hydroxylation is 1. The Labute approximate surface area is 192 Å². The molecule has 176 valence electrons. The standard InChI is InChI=1S/C22H27N5O3.CH2O2/c1-15-18(13-24-19(25-15)16-5-4-8-23-12-16)20(28)27-9-6-22(7-10-27)11-17(14-26(2)3)30-21(22)29;2-1-3/h4-5,8,12-13,17H,6-7,9-11,14H2,1-3H3;1H,(H,2,3). The van der Waals surface area contributed by atoms with Crippen LogP contribution in [0.3, 0.4) is 0 Å². The summed E-state index contributed by atoms with van der Waals surface area (Å²) in [5, 5.41) is 6.89. The van der Waals surface area contributed by atoms with Crippen LogP contribution < -0.4 is 0 Å². The van der Waals surface area contributed by atoms with Crippen molar-refractivity contribution in [2.45, 2.75) is 32.3 Å². The first-order valence-corrected chi connectivity index (χ1v) is 10.8. The zero-order chi connectivity index (χ0) is 24.0. The molecule has 4 rings (SSSR count). The van der Waals surface area contributed by atoms with Gasteiger partial charge in [-0.25, -0.2) is 9.97 Å². The number of amides is 1. The number of pyridine rings is 1. The topological polar surface area (TPSA) is 126 Å². The minimum atomic E-state index is -0.451. The second-order valence-corrected chi connectivity index (χ2v) is 8.61. The van der Waals surface area contributed by atoms with Crippen molar-refractivity contribution < 1.29 is 24.2 Å². The van der Waals surface area contributed by atoms with E-state index >= 15 is 0 Å². The number of rotatable bonds is 4. The first-order chi connectivity index (χ1) is 15.8. The number of likely N-dealkylation sites (N-methyl/N-ethyl adjacent to an activating group) is 1. The average Bonchev–Trinajstić information content (AvgIpc) is 3.08. The van der Waals surface area contributed by atoms with E-state index in [1.165, 1.54) is 0 Å². The van der Waals surface area contributed by atoms with Crippen molar-refractivity contribution in [3.05, 3.63) is 42.0 Å². The van der Waals surface area contributed by atoms with E-state index in [-0.39, 0.29) is 24.5 Å². The van der Waals surface area contributed by atoms with Crippen molar-refractivity contribution in [2.75, 3.05) is 33.7 Å². The normalized spacial score (nSPS) is 19.1. The van der Waals surface area contributed by atoms with Gasteiger partial charge in [-0.15, -0.1) is 0 Å². The number of esters is 1. The van der Waals surface area contributed by atoms with Crippen LogP contribution in [0.2, 0.25) is 0 Å². The maximum Gasteiger partial charge on any atom is 0.312 e. The van der Waals surface area contributed by atoms with Crippen molar-refractivity contribution in [3.63, 3.8) is 0 Å². The first kappa shape index (κ1) is 24.2. The number of likely N-dealkylation sites (tertiary alicyclic amines) is 1. The molecule has 4 heterocycles. The van der Waals surface area contributed by atoms with Gasteiger partial charge in [0.05, 0.1) is 16.7 Å². The van der Waals surface area contributed by atoms with Gasteiger partial charge in [0, 0.05) is 50.2 Å². The lowest BCUT2D eigenvalue weighted by Gasteiger charge is -2.36. The number of carbonyl (C=O) groups excluding carboxylic acids is 2. The van der Waals surface area contributed by atoms with E-state index in [1.807, 2.05) is 38.1 Å². The number of cyclic esters (lactones) is 1. The summed E-state index contributed by atoms with van der Waals surface area (Å²) >= 11 is 0. The average molecular weight is 456 g/mol. The molecule has 2 aliphatic heterocycles. The van der Waals surface area contributed by atoms with Crippen LogP contribution in [-0.2, 0) is 14.3 Å². The minimum Gasteiger partial charge on any atom is -0.483 e.